The number of hydrogen-bond donors (Lipinski definition) is 2. The van der Waals surface area contributed by atoms with E-state index in [1.54, 1.807) is 26.0 Å². The second kappa shape index (κ2) is 5.82. The maximum Gasteiger partial charge on any atom is 0.328 e. The Morgan fingerprint density at radius 3 is 2.65 bits per heavy atom. The van der Waals surface area contributed by atoms with Crippen LogP contribution in [0.1, 0.15) is 19.4 Å². The Balaban J connectivity index is 2.95. The number of halogens is 1. The molecular formula is C12H14BrNO3. The molecule has 0 bridgehead atoms. The third-order valence-electron chi connectivity index (χ3n) is 2.25. The van der Waals surface area contributed by atoms with Crippen molar-refractivity contribution in [1.82, 2.24) is 0 Å². The predicted octanol–water partition coefficient (Wildman–Crippen LogP) is 2.68. The van der Waals surface area contributed by atoms with Crippen LogP contribution in [0.25, 0.3) is 0 Å². The van der Waals surface area contributed by atoms with Gasteiger partial charge in [0.15, 0.2) is 0 Å². The van der Waals surface area contributed by atoms with Crippen LogP contribution in [0.5, 0.6) is 5.75 Å². The molecule has 2 N–H and O–H groups in total. The largest absolute Gasteiger partial charge is 0.507 e. The second-order valence-corrected chi connectivity index (χ2v) is 4.92. The Kier molecular flexibility index (Phi) is 4.69. The fraction of sp³-hybridized carbons (Fsp3) is 0.333. The third-order valence-corrected chi connectivity index (χ3v) is 2.74. The Morgan fingerprint density at radius 1 is 1.47 bits per heavy atom. The fourth-order valence-corrected chi connectivity index (χ4v) is 1.69. The van der Waals surface area contributed by atoms with Crippen molar-refractivity contribution in [3.63, 3.8) is 0 Å². The molecule has 1 unspecified atom stereocenters. The summed E-state index contributed by atoms with van der Waals surface area (Å²) in [4.78, 5) is 14.9. The number of rotatable bonds is 4. The van der Waals surface area contributed by atoms with E-state index in [-0.39, 0.29) is 11.7 Å². The van der Waals surface area contributed by atoms with E-state index in [2.05, 4.69) is 20.9 Å². The van der Waals surface area contributed by atoms with Gasteiger partial charge < -0.3 is 10.2 Å². The predicted molar refractivity (Wildman–Crippen MR) is 69.7 cm³/mol. The van der Waals surface area contributed by atoms with Crippen LogP contribution in [0.15, 0.2) is 27.7 Å². The molecule has 1 aromatic rings. The topological polar surface area (TPSA) is 69.9 Å². The van der Waals surface area contributed by atoms with Crippen molar-refractivity contribution in [2.45, 2.75) is 19.9 Å². The maximum absolute atomic E-state index is 10.9. The summed E-state index contributed by atoms with van der Waals surface area (Å²) >= 11 is 3.27. The molecule has 1 atom stereocenters. The smallest absolute Gasteiger partial charge is 0.328 e. The summed E-state index contributed by atoms with van der Waals surface area (Å²) in [6.07, 6.45) is 1.39. The summed E-state index contributed by atoms with van der Waals surface area (Å²) in [6.45, 7) is 3.58. The lowest BCUT2D eigenvalue weighted by molar-refractivity contribution is -0.139. The molecule has 0 heterocycles. The van der Waals surface area contributed by atoms with E-state index in [1.807, 2.05) is 0 Å². The van der Waals surface area contributed by atoms with Crippen molar-refractivity contribution in [3.8, 4) is 5.75 Å². The number of nitrogens with zero attached hydrogens (tertiary/aromatic N) is 1. The summed E-state index contributed by atoms with van der Waals surface area (Å²) in [5, 5.41) is 18.5. The Hall–Kier alpha value is -1.36. The first-order chi connectivity index (χ1) is 7.91. The van der Waals surface area contributed by atoms with Gasteiger partial charge in [-0.1, -0.05) is 29.8 Å². The molecule has 0 fully saturated rings. The molecule has 0 saturated heterocycles. The van der Waals surface area contributed by atoms with Crippen LogP contribution in [0.3, 0.4) is 0 Å². The molecule has 17 heavy (non-hydrogen) atoms. The minimum Gasteiger partial charge on any atom is -0.507 e. The lowest BCUT2D eigenvalue weighted by Gasteiger charge is -2.10. The number of benzene rings is 1. The maximum atomic E-state index is 10.9. The first-order valence-electron chi connectivity index (χ1n) is 5.16. The van der Waals surface area contributed by atoms with Gasteiger partial charge in [0.1, 0.15) is 11.8 Å². The minimum atomic E-state index is -0.967. The number of carboxylic acid groups (broad SMARTS) is 1. The van der Waals surface area contributed by atoms with Crippen molar-refractivity contribution < 1.29 is 15.0 Å². The molecule has 0 amide bonds. The van der Waals surface area contributed by atoms with E-state index in [0.29, 0.717) is 5.56 Å². The summed E-state index contributed by atoms with van der Waals surface area (Å²) in [7, 11) is 0. The highest BCUT2D eigenvalue weighted by molar-refractivity contribution is 9.10. The molecule has 0 aliphatic heterocycles. The van der Waals surface area contributed by atoms with Gasteiger partial charge in [0, 0.05) is 16.3 Å². The summed E-state index contributed by atoms with van der Waals surface area (Å²) in [5.41, 5.74) is 0.492. The quantitative estimate of drug-likeness (QED) is 0.840. The number of carboxylic acids is 1. The molecule has 92 valence electrons. The van der Waals surface area contributed by atoms with Crippen LogP contribution in [0.2, 0.25) is 0 Å². The molecule has 1 aromatic carbocycles. The van der Waals surface area contributed by atoms with Gasteiger partial charge in [0.25, 0.3) is 0 Å². The Labute approximate surface area is 108 Å². The zero-order valence-corrected chi connectivity index (χ0v) is 11.2. The van der Waals surface area contributed by atoms with Gasteiger partial charge in [-0.25, -0.2) is 4.79 Å². The van der Waals surface area contributed by atoms with Crippen molar-refractivity contribution in [2.75, 3.05) is 0 Å². The molecular weight excluding hydrogens is 286 g/mol. The van der Waals surface area contributed by atoms with Gasteiger partial charge in [0.2, 0.25) is 0 Å². The molecule has 5 heteroatoms. The summed E-state index contributed by atoms with van der Waals surface area (Å²) in [6, 6.07) is 4.10. The highest BCUT2D eigenvalue weighted by Gasteiger charge is 2.19. The molecule has 0 saturated carbocycles. The average molecular weight is 300 g/mol. The van der Waals surface area contributed by atoms with Crippen LogP contribution in [0.4, 0.5) is 0 Å². The summed E-state index contributed by atoms with van der Waals surface area (Å²) < 4.78 is 0.799. The molecule has 0 radical (unpaired) electrons. The lowest BCUT2D eigenvalue weighted by atomic mass is 10.1. The highest BCUT2D eigenvalue weighted by Crippen LogP contribution is 2.20. The van der Waals surface area contributed by atoms with Crippen LogP contribution >= 0.6 is 15.9 Å². The normalized spacial score (nSPS) is 13.2. The third kappa shape index (κ3) is 3.85. The van der Waals surface area contributed by atoms with E-state index in [4.69, 9.17) is 5.11 Å². The number of aromatic hydroxyl groups is 1. The van der Waals surface area contributed by atoms with Gasteiger partial charge in [-0.05, 0) is 24.1 Å². The number of aliphatic imine (C=N–C) groups is 1. The minimum absolute atomic E-state index is 0.0739. The molecule has 0 spiro atoms. The average Bonchev–Trinajstić information content (AvgIpc) is 2.22. The number of phenols is 1. The number of hydrogen-bond acceptors (Lipinski definition) is 3. The van der Waals surface area contributed by atoms with Crippen molar-refractivity contribution in [2.24, 2.45) is 10.9 Å². The first-order valence-corrected chi connectivity index (χ1v) is 5.95. The van der Waals surface area contributed by atoms with Gasteiger partial charge in [-0.3, -0.25) is 4.99 Å². The van der Waals surface area contributed by atoms with Crippen LogP contribution in [-0.4, -0.2) is 28.4 Å². The van der Waals surface area contributed by atoms with E-state index < -0.39 is 12.0 Å². The van der Waals surface area contributed by atoms with Crippen molar-refractivity contribution in [1.29, 1.82) is 0 Å². The van der Waals surface area contributed by atoms with Crippen molar-refractivity contribution >= 4 is 28.1 Å². The van der Waals surface area contributed by atoms with E-state index in [0.717, 1.165) is 4.47 Å². The van der Waals surface area contributed by atoms with Gasteiger partial charge in [-0.15, -0.1) is 0 Å². The van der Waals surface area contributed by atoms with Crippen LogP contribution in [-0.2, 0) is 4.79 Å². The van der Waals surface area contributed by atoms with Gasteiger partial charge in [0.05, 0.1) is 0 Å². The molecule has 0 aliphatic carbocycles. The molecule has 0 aromatic heterocycles. The molecule has 0 aliphatic rings. The van der Waals surface area contributed by atoms with Crippen LogP contribution in [0, 0.1) is 5.92 Å². The summed E-state index contributed by atoms with van der Waals surface area (Å²) in [5.74, 6) is -0.992. The Bertz CT molecular complexity index is 443. The SMILES string of the molecule is CC(C)C(N=Cc1cc(Br)ccc1O)C(=O)O. The van der Waals surface area contributed by atoms with Crippen molar-refractivity contribution in [3.05, 3.63) is 28.2 Å². The highest BCUT2D eigenvalue weighted by atomic mass is 79.9. The van der Waals surface area contributed by atoms with Crippen LogP contribution < -0.4 is 0 Å². The molecule has 4 nitrogen and oxygen atoms in total. The van der Waals surface area contributed by atoms with Gasteiger partial charge >= 0.3 is 5.97 Å². The van der Waals surface area contributed by atoms with E-state index in [1.165, 1.54) is 12.3 Å². The zero-order chi connectivity index (χ0) is 13.0. The van der Waals surface area contributed by atoms with Gasteiger partial charge in [-0.2, -0.15) is 0 Å². The monoisotopic (exact) mass is 299 g/mol. The number of aliphatic carboxylic acids is 1. The zero-order valence-electron chi connectivity index (χ0n) is 9.59. The van der Waals surface area contributed by atoms with E-state index >= 15 is 0 Å². The standard InChI is InChI=1S/C12H14BrNO3/c1-7(2)11(12(16)17)14-6-8-5-9(13)3-4-10(8)15/h3-7,11,15H,1-2H3,(H,16,17). The number of phenolic OH excluding ortho intramolecular Hbond substituents is 1. The molecule has 1 rings (SSSR count). The lowest BCUT2D eigenvalue weighted by Crippen LogP contribution is -2.24. The fourth-order valence-electron chi connectivity index (χ4n) is 1.31. The number of carbonyl (C=O) groups is 1. The Morgan fingerprint density at radius 2 is 2.12 bits per heavy atom. The second-order valence-electron chi connectivity index (χ2n) is 4.01. The first kappa shape index (κ1) is 13.7. The van der Waals surface area contributed by atoms with E-state index in [9.17, 15) is 9.90 Å².